The van der Waals surface area contributed by atoms with Gasteiger partial charge in [-0.2, -0.15) is 4.98 Å². The Balaban J connectivity index is 1.89. The summed E-state index contributed by atoms with van der Waals surface area (Å²) in [6, 6.07) is 14.5. The van der Waals surface area contributed by atoms with Gasteiger partial charge in [-0.1, -0.05) is 48.2 Å². The molecular formula is C15H9ClN4S. The molecule has 0 aliphatic heterocycles. The van der Waals surface area contributed by atoms with Gasteiger partial charge in [-0.15, -0.1) is 0 Å². The van der Waals surface area contributed by atoms with Crippen LogP contribution >= 0.6 is 23.4 Å². The van der Waals surface area contributed by atoms with Crippen molar-refractivity contribution in [2.24, 2.45) is 0 Å². The van der Waals surface area contributed by atoms with E-state index in [9.17, 15) is 0 Å². The third-order valence-corrected chi connectivity index (χ3v) is 4.42. The van der Waals surface area contributed by atoms with Crippen molar-refractivity contribution in [3.8, 4) is 0 Å². The van der Waals surface area contributed by atoms with E-state index in [1.165, 1.54) is 10.8 Å². The third-order valence-electron chi connectivity index (χ3n) is 3.18. The fourth-order valence-electron chi connectivity index (χ4n) is 2.24. The molecule has 0 aliphatic carbocycles. The van der Waals surface area contributed by atoms with Gasteiger partial charge in [0.1, 0.15) is 10.5 Å². The van der Waals surface area contributed by atoms with Gasteiger partial charge in [0.25, 0.3) is 0 Å². The Kier molecular flexibility index (Phi) is 3.02. The number of hydrogen-bond acceptors (Lipinski definition) is 4. The highest BCUT2D eigenvalue weighted by Crippen LogP contribution is 2.35. The maximum atomic E-state index is 5.98. The van der Waals surface area contributed by atoms with E-state index in [2.05, 4.69) is 44.2 Å². The number of fused-ring (bicyclic) bond motifs is 2. The van der Waals surface area contributed by atoms with Crippen molar-refractivity contribution in [1.82, 2.24) is 19.9 Å². The summed E-state index contributed by atoms with van der Waals surface area (Å²) < 4.78 is 0. The lowest BCUT2D eigenvalue weighted by Crippen LogP contribution is -1.89. The molecule has 2 aromatic carbocycles. The molecule has 21 heavy (non-hydrogen) atoms. The molecule has 0 aliphatic rings. The molecule has 0 spiro atoms. The van der Waals surface area contributed by atoms with Crippen LogP contribution in [0.1, 0.15) is 0 Å². The van der Waals surface area contributed by atoms with Crippen LogP contribution in [0.4, 0.5) is 0 Å². The molecule has 2 aromatic heterocycles. The third kappa shape index (κ3) is 2.24. The van der Waals surface area contributed by atoms with Crippen LogP contribution < -0.4 is 0 Å². The quantitative estimate of drug-likeness (QED) is 0.442. The minimum atomic E-state index is 0.206. The van der Waals surface area contributed by atoms with E-state index in [0.717, 1.165) is 15.4 Å². The number of hydrogen-bond donors (Lipinski definition) is 1. The molecule has 0 bridgehead atoms. The van der Waals surface area contributed by atoms with Crippen molar-refractivity contribution < 1.29 is 0 Å². The number of benzene rings is 2. The molecule has 4 nitrogen and oxygen atoms in total. The van der Waals surface area contributed by atoms with Gasteiger partial charge < -0.3 is 4.98 Å². The minimum absolute atomic E-state index is 0.206. The molecule has 4 rings (SSSR count). The summed E-state index contributed by atoms with van der Waals surface area (Å²) in [5.41, 5.74) is 1.38. The molecule has 0 amide bonds. The van der Waals surface area contributed by atoms with Gasteiger partial charge in [-0.25, -0.2) is 9.97 Å². The zero-order valence-corrected chi connectivity index (χ0v) is 12.3. The van der Waals surface area contributed by atoms with E-state index < -0.39 is 0 Å². The first-order valence-electron chi connectivity index (χ1n) is 6.33. The monoisotopic (exact) mass is 312 g/mol. The van der Waals surface area contributed by atoms with Gasteiger partial charge in [0.15, 0.2) is 5.65 Å². The zero-order valence-electron chi connectivity index (χ0n) is 10.7. The summed E-state index contributed by atoms with van der Waals surface area (Å²) in [5.74, 6) is 0. The fourth-order valence-corrected chi connectivity index (χ4v) is 3.49. The van der Waals surface area contributed by atoms with Crippen molar-refractivity contribution in [2.75, 3.05) is 0 Å². The van der Waals surface area contributed by atoms with Gasteiger partial charge >= 0.3 is 0 Å². The Bertz CT molecular complexity index is 945. The summed E-state index contributed by atoms with van der Waals surface area (Å²) in [6.45, 7) is 0. The Morgan fingerprint density at radius 3 is 2.81 bits per heavy atom. The van der Waals surface area contributed by atoms with Crippen molar-refractivity contribution in [1.29, 1.82) is 0 Å². The average molecular weight is 313 g/mol. The van der Waals surface area contributed by atoms with Crippen LogP contribution in [0.5, 0.6) is 0 Å². The first kappa shape index (κ1) is 12.6. The maximum Gasteiger partial charge on any atom is 0.225 e. The van der Waals surface area contributed by atoms with Crippen molar-refractivity contribution in [3.63, 3.8) is 0 Å². The zero-order chi connectivity index (χ0) is 14.2. The molecule has 0 fully saturated rings. The van der Waals surface area contributed by atoms with Crippen LogP contribution in [0.3, 0.4) is 0 Å². The van der Waals surface area contributed by atoms with E-state index in [4.69, 9.17) is 11.6 Å². The average Bonchev–Trinajstić information content (AvgIpc) is 2.96. The molecular weight excluding hydrogens is 304 g/mol. The number of halogens is 1. The highest BCUT2D eigenvalue weighted by molar-refractivity contribution is 7.99. The number of rotatable bonds is 2. The Labute approximate surface area is 129 Å². The lowest BCUT2D eigenvalue weighted by atomic mass is 10.1. The van der Waals surface area contributed by atoms with E-state index >= 15 is 0 Å². The SMILES string of the molecule is Clc1nc(Sc2cccc3ccccc23)c2[nH]cnc2n1. The topological polar surface area (TPSA) is 54.5 Å². The number of H-pyrrole nitrogens is 1. The normalized spacial score (nSPS) is 11.3. The highest BCUT2D eigenvalue weighted by Gasteiger charge is 2.11. The molecule has 4 aromatic rings. The second kappa shape index (κ2) is 5.02. The van der Waals surface area contributed by atoms with E-state index in [1.54, 1.807) is 18.1 Å². The first-order chi connectivity index (χ1) is 10.3. The van der Waals surface area contributed by atoms with Gasteiger partial charge in [-0.05, 0) is 28.4 Å². The molecule has 2 heterocycles. The summed E-state index contributed by atoms with van der Waals surface area (Å²) in [5, 5.41) is 3.37. The number of nitrogens with zero attached hydrogens (tertiary/aromatic N) is 3. The predicted molar refractivity (Wildman–Crippen MR) is 84.8 cm³/mol. The highest BCUT2D eigenvalue weighted by atomic mass is 35.5. The lowest BCUT2D eigenvalue weighted by Gasteiger charge is -2.06. The second-order valence-corrected chi connectivity index (χ2v) is 5.85. The molecule has 6 heteroatoms. The van der Waals surface area contributed by atoms with Gasteiger partial charge in [0, 0.05) is 4.90 Å². The van der Waals surface area contributed by atoms with Gasteiger partial charge in [0.2, 0.25) is 5.28 Å². The Morgan fingerprint density at radius 2 is 1.86 bits per heavy atom. The van der Waals surface area contributed by atoms with Gasteiger partial charge in [0.05, 0.1) is 6.33 Å². The van der Waals surface area contributed by atoms with Crippen LogP contribution in [0.15, 0.2) is 58.7 Å². The number of nitrogens with one attached hydrogen (secondary N) is 1. The minimum Gasteiger partial charge on any atom is -0.341 e. The summed E-state index contributed by atoms with van der Waals surface area (Å²) in [7, 11) is 0. The largest absolute Gasteiger partial charge is 0.341 e. The fraction of sp³-hybridized carbons (Fsp3) is 0. The van der Waals surface area contributed by atoms with Crippen LogP contribution in [0, 0.1) is 0 Å². The van der Waals surface area contributed by atoms with E-state index in [-0.39, 0.29) is 5.28 Å². The molecule has 102 valence electrons. The van der Waals surface area contributed by atoms with Crippen LogP contribution in [0.2, 0.25) is 5.28 Å². The number of aromatic amines is 1. The van der Waals surface area contributed by atoms with E-state index in [0.29, 0.717) is 5.65 Å². The lowest BCUT2D eigenvalue weighted by molar-refractivity contribution is 1.09. The second-order valence-electron chi connectivity index (χ2n) is 4.48. The van der Waals surface area contributed by atoms with Crippen molar-refractivity contribution >= 4 is 45.3 Å². The van der Waals surface area contributed by atoms with Crippen LogP contribution in [-0.2, 0) is 0 Å². The van der Waals surface area contributed by atoms with Gasteiger partial charge in [-0.3, -0.25) is 0 Å². The number of aromatic nitrogens is 4. The predicted octanol–water partition coefficient (Wildman–Crippen LogP) is 4.31. The molecule has 0 atom stereocenters. The molecule has 0 radical (unpaired) electrons. The van der Waals surface area contributed by atoms with Crippen LogP contribution in [-0.4, -0.2) is 19.9 Å². The number of imidazole rings is 1. The summed E-state index contributed by atoms with van der Waals surface area (Å²) in [4.78, 5) is 16.8. The maximum absolute atomic E-state index is 5.98. The first-order valence-corrected chi connectivity index (χ1v) is 7.53. The van der Waals surface area contributed by atoms with E-state index in [1.807, 2.05) is 18.2 Å². The molecule has 0 saturated carbocycles. The van der Waals surface area contributed by atoms with Crippen molar-refractivity contribution in [3.05, 3.63) is 54.1 Å². The molecule has 0 saturated heterocycles. The molecule has 0 unspecified atom stereocenters. The summed E-state index contributed by atoms with van der Waals surface area (Å²) in [6.07, 6.45) is 1.60. The van der Waals surface area contributed by atoms with Crippen LogP contribution in [0.25, 0.3) is 21.9 Å². The Hall–Kier alpha value is -2.11. The summed E-state index contributed by atoms with van der Waals surface area (Å²) >= 11 is 7.53. The molecule has 1 N–H and O–H groups in total. The standard InChI is InChI=1S/C15H9ClN4S/c16-15-19-13-12(17-8-18-13)14(20-15)21-11-7-3-5-9-4-1-2-6-10(9)11/h1-8H,(H,17,18,19,20). The Morgan fingerprint density at radius 1 is 1.00 bits per heavy atom. The van der Waals surface area contributed by atoms with Crippen molar-refractivity contribution in [2.45, 2.75) is 9.92 Å². The smallest absolute Gasteiger partial charge is 0.225 e.